The number of carbonyl (C=O) groups is 2. The van der Waals surface area contributed by atoms with Gasteiger partial charge >= 0.3 is 18.2 Å². The van der Waals surface area contributed by atoms with Crippen LogP contribution < -0.4 is 5.32 Å². The SMILES string of the molecule is Cc1ccc(S(=O)(=O)O[C@H](COC(=O)C(F)(F)F)[C@H](Cc2ccccc2)NC(=O)OC(C)(C)C)cc1. The standard InChI is InChI=1S/C24H28F3NO7S/c1-16-10-12-18(13-11-16)36(31,32)35-20(15-33-21(29)24(25,26)27)19(14-17-8-6-5-7-9-17)28-22(30)34-23(2,3)4/h5-13,19-20H,14-15H2,1-4H3,(H,28,30)/t19-,20+/m0/s1. The number of esters is 1. The number of benzene rings is 2. The molecule has 0 bridgehead atoms. The molecule has 8 nitrogen and oxygen atoms in total. The number of halogens is 3. The van der Waals surface area contributed by atoms with Gasteiger partial charge in [-0.05, 0) is 51.8 Å². The first-order valence-corrected chi connectivity index (χ1v) is 12.2. The zero-order valence-electron chi connectivity index (χ0n) is 20.2. The van der Waals surface area contributed by atoms with Gasteiger partial charge in [-0.2, -0.15) is 21.6 Å². The average molecular weight is 532 g/mol. The largest absolute Gasteiger partial charge is 0.490 e. The van der Waals surface area contributed by atoms with Gasteiger partial charge in [0.05, 0.1) is 10.9 Å². The summed E-state index contributed by atoms with van der Waals surface area (Å²) < 4.78 is 79.0. The van der Waals surface area contributed by atoms with E-state index in [1.54, 1.807) is 58.0 Å². The van der Waals surface area contributed by atoms with E-state index in [0.29, 0.717) is 5.56 Å². The van der Waals surface area contributed by atoms with E-state index in [-0.39, 0.29) is 11.3 Å². The predicted molar refractivity (Wildman–Crippen MR) is 124 cm³/mol. The van der Waals surface area contributed by atoms with Gasteiger partial charge < -0.3 is 14.8 Å². The van der Waals surface area contributed by atoms with Crippen LogP contribution >= 0.6 is 0 Å². The number of hydrogen-bond donors (Lipinski definition) is 1. The molecule has 1 amide bonds. The fraction of sp³-hybridized carbons (Fsp3) is 0.417. The molecule has 0 fully saturated rings. The van der Waals surface area contributed by atoms with E-state index in [1.165, 1.54) is 24.3 Å². The molecule has 2 aromatic rings. The van der Waals surface area contributed by atoms with E-state index in [1.807, 2.05) is 0 Å². The number of alkyl carbamates (subject to hydrolysis) is 1. The number of hydrogen-bond acceptors (Lipinski definition) is 7. The van der Waals surface area contributed by atoms with E-state index in [4.69, 9.17) is 8.92 Å². The van der Waals surface area contributed by atoms with Crippen LogP contribution in [0.15, 0.2) is 59.5 Å². The van der Waals surface area contributed by atoms with E-state index in [0.717, 1.165) is 5.56 Å². The van der Waals surface area contributed by atoms with Gasteiger partial charge in [-0.3, -0.25) is 4.18 Å². The molecule has 0 heterocycles. The number of nitrogens with one attached hydrogen (secondary N) is 1. The summed E-state index contributed by atoms with van der Waals surface area (Å²) in [5, 5.41) is 2.44. The van der Waals surface area contributed by atoms with Crippen molar-refractivity contribution in [2.45, 2.75) is 62.9 Å². The third kappa shape index (κ3) is 9.50. The van der Waals surface area contributed by atoms with Gasteiger partial charge in [0.2, 0.25) is 0 Å². The lowest BCUT2D eigenvalue weighted by molar-refractivity contribution is -0.201. The lowest BCUT2D eigenvalue weighted by Crippen LogP contribution is -2.50. The summed E-state index contributed by atoms with van der Waals surface area (Å²) >= 11 is 0. The summed E-state index contributed by atoms with van der Waals surface area (Å²) in [6, 6.07) is 12.7. The Hall–Kier alpha value is -3.12. The number of rotatable bonds is 9. The second kappa shape index (κ2) is 11.7. The van der Waals surface area contributed by atoms with Crippen molar-refractivity contribution in [3.05, 3.63) is 65.7 Å². The van der Waals surface area contributed by atoms with Crippen LogP contribution in [0.2, 0.25) is 0 Å². The highest BCUT2D eigenvalue weighted by molar-refractivity contribution is 7.86. The van der Waals surface area contributed by atoms with Crippen molar-refractivity contribution < 1.29 is 44.8 Å². The van der Waals surface area contributed by atoms with Gasteiger partial charge in [0.1, 0.15) is 18.3 Å². The summed E-state index contributed by atoms with van der Waals surface area (Å²) in [5.41, 5.74) is 0.439. The monoisotopic (exact) mass is 531 g/mol. The van der Waals surface area contributed by atoms with Crippen molar-refractivity contribution in [1.82, 2.24) is 5.32 Å². The van der Waals surface area contributed by atoms with Crippen LogP contribution in [0.25, 0.3) is 0 Å². The molecule has 0 aliphatic rings. The highest BCUT2D eigenvalue weighted by Crippen LogP contribution is 2.21. The van der Waals surface area contributed by atoms with Crippen LogP contribution in [-0.2, 0) is 35.0 Å². The first kappa shape index (κ1) is 29.1. The van der Waals surface area contributed by atoms with Crippen LogP contribution in [0.1, 0.15) is 31.9 Å². The summed E-state index contributed by atoms with van der Waals surface area (Å²) in [7, 11) is -4.53. The van der Waals surface area contributed by atoms with Crippen LogP contribution in [-0.4, -0.2) is 51.0 Å². The normalized spacial score (nSPS) is 14.0. The maximum Gasteiger partial charge on any atom is 0.490 e. The molecular formula is C24H28F3NO7S. The summed E-state index contributed by atoms with van der Waals surface area (Å²) in [6.07, 6.45) is -8.08. The molecule has 12 heteroatoms. The van der Waals surface area contributed by atoms with Crippen molar-refractivity contribution >= 4 is 22.2 Å². The molecule has 2 rings (SSSR count). The van der Waals surface area contributed by atoms with Crippen molar-refractivity contribution in [3.63, 3.8) is 0 Å². The van der Waals surface area contributed by atoms with Crippen LogP contribution in [0, 0.1) is 6.92 Å². The molecule has 0 saturated carbocycles. The molecule has 0 saturated heterocycles. The smallest absolute Gasteiger partial charge is 0.456 e. The number of amides is 1. The Morgan fingerprint density at radius 3 is 2.08 bits per heavy atom. The molecule has 1 N–H and O–H groups in total. The van der Waals surface area contributed by atoms with Gasteiger partial charge in [-0.25, -0.2) is 9.59 Å². The highest BCUT2D eigenvalue weighted by Gasteiger charge is 2.42. The lowest BCUT2D eigenvalue weighted by atomic mass is 10.0. The lowest BCUT2D eigenvalue weighted by Gasteiger charge is -2.29. The third-order valence-electron chi connectivity index (χ3n) is 4.62. The molecule has 0 spiro atoms. The van der Waals surface area contributed by atoms with Gasteiger partial charge in [0, 0.05) is 0 Å². The molecule has 36 heavy (non-hydrogen) atoms. The number of alkyl halides is 3. The van der Waals surface area contributed by atoms with Crippen LogP contribution in [0.4, 0.5) is 18.0 Å². The zero-order chi connectivity index (χ0) is 27.1. The fourth-order valence-corrected chi connectivity index (χ4v) is 4.07. The van der Waals surface area contributed by atoms with E-state index in [2.05, 4.69) is 10.1 Å². The van der Waals surface area contributed by atoms with E-state index in [9.17, 15) is 31.2 Å². The fourth-order valence-electron chi connectivity index (χ4n) is 2.98. The van der Waals surface area contributed by atoms with Gasteiger partial charge in [0.15, 0.2) is 0 Å². The number of aryl methyl sites for hydroxylation is 1. The minimum absolute atomic E-state index is 0.0717. The molecular weight excluding hydrogens is 503 g/mol. The summed E-state index contributed by atoms with van der Waals surface area (Å²) in [5.74, 6) is -2.53. The van der Waals surface area contributed by atoms with Crippen molar-refractivity contribution in [1.29, 1.82) is 0 Å². The van der Waals surface area contributed by atoms with Crippen molar-refractivity contribution in [2.24, 2.45) is 0 Å². The van der Waals surface area contributed by atoms with Gasteiger partial charge in [0.25, 0.3) is 10.1 Å². The van der Waals surface area contributed by atoms with Crippen LogP contribution in [0.5, 0.6) is 0 Å². The number of ether oxygens (including phenoxy) is 2. The first-order chi connectivity index (χ1) is 16.6. The quantitative estimate of drug-likeness (QED) is 0.380. The molecule has 198 valence electrons. The molecule has 0 unspecified atom stereocenters. The molecule has 2 atom stereocenters. The van der Waals surface area contributed by atoms with Gasteiger partial charge in [-0.15, -0.1) is 0 Å². The molecule has 0 aliphatic carbocycles. The second-order valence-electron chi connectivity index (χ2n) is 8.94. The molecule has 0 aromatic heterocycles. The Bertz CT molecular complexity index is 1130. The summed E-state index contributed by atoms with van der Waals surface area (Å²) in [6.45, 7) is 5.41. The van der Waals surface area contributed by atoms with Gasteiger partial charge in [-0.1, -0.05) is 48.0 Å². The van der Waals surface area contributed by atoms with Crippen molar-refractivity contribution in [2.75, 3.05) is 6.61 Å². The topological polar surface area (TPSA) is 108 Å². The third-order valence-corrected chi connectivity index (χ3v) is 5.97. The summed E-state index contributed by atoms with van der Waals surface area (Å²) in [4.78, 5) is 23.6. The number of carbonyl (C=O) groups excluding carboxylic acids is 2. The maximum atomic E-state index is 12.9. The molecule has 0 radical (unpaired) electrons. The first-order valence-electron chi connectivity index (χ1n) is 10.8. The van der Waals surface area contributed by atoms with Crippen LogP contribution in [0.3, 0.4) is 0 Å². The Morgan fingerprint density at radius 1 is 0.972 bits per heavy atom. The Morgan fingerprint density at radius 2 is 1.56 bits per heavy atom. The zero-order valence-corrected chi connectivity index (χ0v) is 21.0. The molecule has 2 aromatic carbocycles. The minimum atomic E-state index is -5.31. The molecule has 0 aliphatic heterocycles. The Kier molecular flexibility index (Phi) is 9.50. The van der Waals surface area contributed by atoms with E-state index < -0.39 is 52.7 Å². The Labute approximate surface area is 207 Å². The van der Waals surface area contributed by atoms with Crippen molar-refractivity contribution in [3.8, 4) is 0 Å². The van der Waals surface area contributed by atoms with E-state index >= 15 is 0 Å². The maximum absolute atomic E-state index is 12.9. The highest BCUT2D eigenvalue weighted by atomic mass is 32.2. The average Bonchev–Trinajstić information content (AvgIpc) is 2.75. The predicted octanol–water partition coefficient (Wildman–Crippen LogP) is 4.31. The second-order valence-corrected chi connectivity index (χ2v) is 10.5. The minimum Gasteiger partial charge on any atom is -0.456 e. The Balaban J connectivity index is 2.42.